The van der Waals surface area contributed by atoms with Gasteiger partial charge in [0.2, 0.25) is 0 Å². The van der Waals surface area contributed by atoms with Crippen molar-refractivity contribution in [2.75, 3.05) is 31.1 Å². The molecule has 31 heavy (non-hydrogen) atoms. The van der Waals surface area contributed by atoms with Crippen molar-refractivity contribution in [3.05, 3.63) is 59.3 Å². The Labute approximate surface area is 187 Å². The minimum atomic E-state index is -0.490. The summed E-state index contributed by atoms with van der Waals surface area (Å²) in [6, 6.07) is 13.6. The maximum atomic E-state index is 12.3. The van der Waals surface area contributed by atoms with E-state index in [1.54, 1.807) is 11.2 Å². The van der Waals surface area contributed by atoms with E-state index in [2.05, 4.69) is 4.90 Å². The highest BCUT2D eigenvalue weighted by Crippen LogP contribution is 2.32. The van der Waals surface area contributed by atoms with E-state index in [1.807, 2.05) is 63.2 Å². The molecule has 1 saturated heterocycles. The zero-order chi connectivity index (χ0) is 22.0. The van der Waals surface area contributed by atoms with Gasteiger partial charge in [-0.1, -0.05) is 29.8 Å². The maximum absolute atomic E-state index is 12.3. The fraction of sp³-hybridized carbons (Fsp3) is 0.375. The third kappa shape index (κ3) is 4.90. The highest BCUT2D eigenvalue weighted by atomic mass is 35.5. The Kier molecular flexibility index (Phi) is 6.01. The van der Waals surface area contributed by atoms with Crippen molar-refractivity contribution in [3.63, 3.8) is 0 Å². The zero-order valence-corrected chi connectivity index (χ0v) is 18.8. The first-order valence-corrected chi connectivity index (χ1v) is 10.8. The number of hydrogen-bond acceptors (Lipinski definition) is 5. The van der Waals surface area contributed by atoms with Crippen LogP contribution in [0.2, 0.25) is 5.02 Å². The second-order valence-electron chi connectivity index (χ2n) is 8.58. The molecule has 7 heteroatoms. The third-order valence-corrected chi connectivity index (χ3v) is 5.50. The molecule has 164 valence electrons. The number of ether oxygens (including phenoxy) is 2. The molecule has 0 aliphatic carbocycles. The van der Waals surface area contributed by atoms with Gasteiger partial charge in [-0.05, 0) is 45.0 Å². The standard InChI is InChI=1S/C24H27ClN2O4/c1-24(2,3)31-23(28)27-13-11-26(12-14-27)20-6-4-5-7-21(20)30-16-17-8-9-19(25)18-10-15-29-22(17)18/h4-10,15H,11-14,16H2,1-3H3. The first-order valence-electron chi connectivity index (χ1n) is 10.4. The van der Waals surface area contributed by atoms with Crippen molar-refractivity contribution in [2.45, 2.75) is 33.0 Å². The molecule has 0 radical (unpaired) electrons. The maximum Gasteiger partial charge on any atom is 0.410 e. The Morgan fingerprint density at radius 3 is 2.55 bits per heavy atom. The summed E-state index contributed by atoms with van der Waals surface area (Å²) in [5.74, 6) is 0.794. The summed E-state index contributed by atoms with van der Waals surface area (Å²) in [6.45, 7) is 8.65. The lowest BCUT2D eigenvalue weighted by Gasteiger charge is -2.37. The average Bonchev–Trinajstić information content (AvgIpc) is 3.24. The molecule has 2 aromatic carbocycles. The van der Waals surface area contributed by atoms with Gasteiger partial charge in [0, 0.05) is 37.1 Å². The van der Waals surface area contributed by atoms with Crippen LogP contribution in [0.1, 0.15) is 26.3 Å². The van der Waals surface area contributed by atoms with Crippen LogP contribution in [-0.2, 0) is 11.3 Å². The molecule has 1 aromatic heterocycles. The van der Waals surface area contributed by atoms with Crippen molar-refractivity contribution >= 4 is 34.4 Å². The van der Waals surface area contributed by atoms with Crippen LogP contribution >= 0.6 is 11.6 Å². The number of halogens is 1. The second-order valence-corrected chi connectivity index (χ2v) is 8.99. The van der Waals surface area contributed by atoms with Gasteiger partial charge in [-0.15, -0.1) is 0 Å². The zero-order valence-electron chi connectivity index (χ0n) is 18.1. The summed E-state index contributed by atoms with van der Waals surface area (Å²) in [7, 11) is 0. The molecule has 1 aliphatic heterocycles. The van der Waals surface area contributed by atoms with E-state index in [4.69, 9.17) is 25.5 Å². The summed E-state index contributed by atoms with van der Waals surface area (Å²) < 4.78 is 17.3. The smallest absolute Gasteiger partial charge is 0.410 e. The van der Waals surface area contributed by atoms with Crippen LogP contribution in [0.3, 0.4) is 0 Å². The molecular formula is C24H27ClN2O4. The number of benzene rings is 2. The van der Waals surface area contributed by atoms with Gasteiger partial charge in [0.15, 0.2) is 0 Å². The number of nitrogens with zero attached hydrogens (tertiary/aromatic N) is 2. The van der Waals surface area contributed by atoms with Crippen molar-refractivity contribution in [1.29, 1.82) is 0 Å². The molecule has 0 saturated carbocycles. The fourth-order valence-corrected chi connectivity index (χ4v) is 3.86. The second kappa shape index (κ2) is 8.71. The van der Waals surface area contributed by atoms with Gasteiger partial charge in [0.25, 0.3) is 0 Å². The molecule has 2 heterocycles. The molecule has 6 nitrogen and oxygen atoms in total. The van der Waals surface area contributed by atoms with E-state index in [0.717, 1.165) is 28.0 Å². The number of amides is 1. The monoisotopic (exact) mass is 442 g/mol. The van der Waals surface area contributed by atoms with Crippen LogP contribution < -0.4 is 9.64 Å². The number of piperazine rings is 1. The number of anilines is 1. The van der Waals surface area contributed by atoms with E-state index >= 15 is 0 Å². The lowest BCUT2D eigenvalue weighted by molar-refractivity contribution is 0.0240. The van der Waals surface area contributed by atoms with Crippen molar-refractivity contribution in [3.8, 4) is 5.75 Å². The van der Waals surface area contributed by atoms with Gasteiger partial charge in [-0.2, -0.15) is 0 Å². The Bertz CT molecular complexity index is 1060. The number of carbonyl (C=O) groups excluding carboxylic acids is 1. The van der Waals surface area contributed by atoms with E-state index in [9.17, 15) is 4.79 Å². The Morgan fingerprint density at radius 1 is 1.06 bits per heavy atom. The first-order chi connectivity index (χ1) is 14.8. The van der Waals surface area contributed by atoms with Crippen LogP contribution in [0.4, 0.5) is 10.5 Å². The first kappa shape index (κ1) is 21.4. The highest BCUT2D eigenvalue weighted by Gasteiger charge is 2.27. The van der Waals surface area contributed by atoms with Gasteiger partial charge >= 0.3 is 6.09 Å². The summed E-state index contributed by atoms with van der Waals surface area (Å²) >= 11 is 6.24. The summed E-state index contributed by atoms with van der Waals surface area (Å²) in [5, 5.41) is 1.55. The van der Waals surface area contributed by atoms with E-state index in [-0.39, 0.29) is 6.09 Å². The minimum absolute atomic E-state index is 0.262. The van der Waals surface area contributed by atoms with Crippen LogP contribution in [0, 0.1) is 0 Å². The minimum Gasteiger partial charge on any atom is -0.487 e. The fourth-order valence-electron chi connectivity index (χ4n) is 3.65. The molecule has 1 amide bonds. The molecule has 1 fully saturated rings. The molecule has 4 rings (SSSR count). The highest BCUT2D eigenvalue weighted by molar-refractivity contribution is 6.35. The molecule has 0 atom stereocenters. The molecule has 0 bridgehead atoms. The summed E-state index contributed by atoms with van der Waals surface area (Å²) in [4.78, 5) is 16.3. The Hall–Kier alpha value is -2.86. The number of hydrogen-bond donors (Lipinski definition) is 0. The number of fused-ring (bicyclic) bond motifs is 1. The number of rotatable bonds is 4. The van der Waals surface area contributed by atoms with Gasteiger partial charge in [0.1, 0.15) is 23.5 Å². The Balaban J connectivity index is 1.43. The van der Waals surface area contributed by atoms with Crippen molar-refractivity contribution in [2.24, 2.45) is 0 Å². The number of furan rings is 1. The molecule has 1 aliphatic rings. The summed E-state index contributed by atoms with van der Waals surface area (Å²) in [6.07, 6.45) is 1.37. The van der Waals surface area contributed by atoms with Gasteiger partial charge in [-0.3, -0.25) is 0 Å². The van der Waals surface area contributed by atoms with Gasteiger partial charge < -0.3 is 23.7 Å². The predicted octanol–water partition coefficient (Wildman–Crippen LogP) is 5.72. The molecule has 0 spiro atoms. The van der Waals surface area contributed by atoms with Crippen LogP contribution in [0.25, 0.3) is 11.0 Å². The van der Waals surface area contributed by atoms with Gasteiger partial charge in [0.05, 0.1) is 17.0 Å². The third-order valence-electron chi connectivity index (χ3n) is 5.17. The number of para-hydroxylation sites is 2. The van der Waals surface area contributed by atoms with Gasteiger partial charge in [-0.25, -0.2) is 4.79 Å². The lowest BCUT2D eigenvalue weighted by atomic mass is 10.1. The average molecular weight is 443 g/mol. The summed E-state index contributed by atoms with van der Waals surface area (Å²) in [5.41, 5.74) is 2.20. The van der Waals surface area contributed by atoms with E-state index in [0.29, 0.717) is 37.8 Å². The largest absolute Gasteiger partial charge is 0.487 e. The quantitative estimate of drug-likeness (QED) is 0.517. The SMILES string of the molecule is CC(C)(C)OC(=O)N1CCN(c2ccccc2OCc2ccc(Cl)c3ccoc23)CC1. The van der Waals surface area contributed by atoms with Crippen molar-refractivity contribution in [1.82, 2.24) is 4.90 Å². The lowest BCUT2D eigenvalue weighted by Crippen LogP contribution is -2.50. The van der Waals surface area contributed by atoms with Crippen LogP contribution in [-0.4, -0.2) is 42.8 Å². The molecule has 0 N–H and O–H groups in total. The molecule has 3 aromatic rings. The number of carbonyl (C=O) groups is 1. The van der Waals surface area contributed by atoms with E-state index in [1.165, 1.54) is 0 Å². The van der Waals surface area contributed by atoms with E-state index < -0.39 is 5.60 Å². The Morgan fingerprint density at radius 2 is 1.81 bits per heavy atom. The van der Waals surface area contributed by atoms with Crippen LogP contribution in [0.15, 0.2) is 53.1 Å². The predicted molar refractivity (Wildman–Crippen MR) is 122 cm³/mol. The van der Waals surface area contributed by atoms with Crippen molar-refractivity contribution < 1.29 is 18.7 Å². The van der Waals surface area contributed by atoms with Crippen LogP contribution in [0.5, 0.6) is 5.75 Å². The topological polar surface area (TPSA) is 55.2 Å². The normalized spacial score (nSPS) is 14.7. The molecular weight excluding hydrogens is 416 g/mol. The molecule has 0 unspecified atom stereocenters.